The summed E-state index contributed by atoms with van der Waals surface area (Å²) in [4.78, 5) is 12.0. The average molecular weight is 286 g/mol. The van der Waals surface area contributed by atoms with Crippen LogP contribution >= 0.6 is 0 Å². The van der Waals surface area contributed by atoms with Crippen molar-refractivity contribution in [3.05, 3.63) is 65.0 Å². The molecular formula is C18H19FO2. The Morgan fingerprint density at radius 2 is 1.95 bits per heavy atom. The van der Waals surface area contributed by atoms with Crippen molar-refractivity contribution in [2.24, 2.45) is 0 Å². The molecule has 0 amide bonds. The average Bonchev–Trinajstić information content (AvgIpc) is 2.45. The summed E-state index contributed by atoms with van der Waals surface area (Å²) >= 11 is 0. The van der Waals surface area contributed by atoms with Gasteiger partial charge in [-0.2, -0.15) is 0 Å². The van der Waals surface area contributed by atoms with E-state index in [0.29, 0.717) is 12.0 Å². The fourth-order valence-electron chi connectivity index (χ4n) is 2.29. The van der Waals surface area contributed by atoms with Gasteiger partial charge in [-0.05, 0) is 36.6 Å². The molecule has 0 heterocycles. The first kappa shape index (κ1) is 15.2. The number of aryl methyl sites for hydroxylation is 2. The molecule has 0 bridgehead atoms. The van der Waals surface area contributed by atoms with E-state index in [2.05, 4.69) is 6.07 Å². The van der Waals surface area contributed by atoms with Gasteiger partial charge in [-0.1, -0.05) is 35.9 Å². The highest BCUT2D eigenvalue weighted by atomic mass is 19.1. The van der Waals surface area contributed by atoms with E-state index in [1.807, 2.05) is 25.1 Å². The second-order valence-corrected chi connectivity index (χ2v) is 5.17. The van der Waals surface area contributed by atoms with Gasteiger partial charge in [0.2, 0.25) is 0 Å². The fraction of sp³-hybridized carbons (Fsp3) is 0.278. The molecule has 0 saturated carbocycles. The van der Waals surface area contributed by atoms with Crippen LogP contribution < -0.4 is 4.74 Å². The smallest absolute Gasteiger partial charge is 0.165 e. The molecule has 0 saturated heterocycles. The lowest BCUT2D eigenvalue weighted by Gasteiger charge is -2.05. The summed E-state index contributed by atoms with van der Waals surface area (Å²) in [6.45, 7) is 2.03. The third-order valence-corrected chi connectivity index (χ3v) is 3.39. The van der Waals surface area contributed by atoms with Crippen LogP contribution in [0.1, 0.15) is 23.1 Å². The molecule has 0 atom stereocenters. The van der Waals surface area contributed by atoms with Gasteiger partial charge in [0, 0.05) is 12.8 Å². The Balaban J connectivity index is 1.91. The second-order valence-electron chi connectivity index (χ2n) is 5.17. The van der Waals surface area contributed by atoms with Crippen molar-refractivity contribution in [2.75, 3.05) is 7.11 Å². The summed E-state index contributed by atoms with van der Waals surface area (Å²) in [5, 5.41) is 0. The molecule has 0 N–H and O–H groups in total. The Labute approximate surface area is 124 Å². The Morgan fingerprint density at radius 1 is 1.14 bits per heavy atom. The van der Waals surface area contributed by atoms with E-state index in [1.54, 1.807) is 12.1 Å². The number of hydrogen-bond acceptors (Lipinski definition) is 2. The minimum absolute atomic E-state index is 0.112. The van der Waals surface area contributed by atoms with Crippen molar-refractivity contribution in [3.8, 4) is 5.75 Å². The zero-order valence-corrected chi connectivity index (χ0v) is 12.4. The zero-order valence-electron chi connectivity index (χ0n) is 12.4. The summed E-state index contributed by atoms with van der Waals surface area (Å²) in [5.41, 5.74) is 3.03. The van der Waals surface area contributed by atoms with Crippen LogP contribution in [-0.2, 0) is 17.6 Å². The Kier molecular flexibility index (Phi) is 5.09. The Bertz CT molecular complexity index is 635. The highest BCUT2D eigenvalue weighted by Gasteiger charge is 2.08. The molecule has 0 aliphatic carbocycles. The van der Waals surface area contributed by atoms with Gasteiger partial charge < -0.3 is 4.74 Å². The number of methoxy groups -OCH3 is 1. The van der Waals surface area contributed by atoms with E-state index < -0.39 is 5.82 Å². The Morgan fingerprint density at radius 3 is 2.62 bits per heavy atom. The quantitative estimate of drug-likeness (QED) is 0.805. The maximum Gasteiger partial charge on any atom is 0.165 e. The van der Waals surface area contributed by atoms with Crippen molar-refractivity contribution in [1.29, 1.82) is 0 Å². The number of hydrogen-bond donors (Lipinski definition) is 0. The molecule has 2 aromatic carbocycles. The molecule has 3 heteroatoms. The number of ether oxygens (including phenoxy) is 1. The number of ketones is 1. The first-order chi connectivity index (χ1) is 10.1. The van der Waals surface area contributed by atoms with E-state index >= 15 is 0 Å². The van der Waals surface area contributed by atoms with Crippen molar-refractivity contribution < 1.29 is 13.9 Å². The van der Waals surface area contributed by atoms with E-state index in [-0.39, 0.29) is 18.0 Å². The molecule has 0 fully saturated rings. The fourth-order valence-corrected chi connectivity index (χ4v) is 2.29. The van der Waals surface area contributed by atoms with Gasteiger partial charge >= 0.3 is 0 Å². The molecule has 0 aliphatic heterocycles. The van der Waals surface area contributed by atoms with Crippen LogP contribution in [0.2, 0.25) is 0 Å². The molecule has 21 heavy (non-hydrogen) atoms. The highest BCUT2D eigenvalue weighted by molar-refractivity contribution is 5.81. The van der Waals surface area contributed by atoms with Crippen LogP contribution in [0.4, 0.5) is 4.39 Å². The lowest BCUT2D eigenvalue weighted by Crippen LogP contribution is -2.05. The monoisotopic (exact) mass is 286 g/mol. The molecule has 0 unspecified atom stereocenters. The normalized spacial score (nSPS) is 10.4. The molecule has 2 rings (SSSR count). The maximum absolute atomic E-state index is 13.6. The van der Waals surface area contributed by atoms with Gasteiger partial charge in [0.1, 0.15) is 5.78 Å². The van der Waals surface area contributed by atoms with E-state index in [0.717, 1.165) is 12.0 Å². The van der Waals surface area contributed by atoms with Crippen LogP contribution in [0.3, 0.4) is 0 Å². The summed E-state index contributed by atoms with van der Waals surface area (Å²) in [6.07, 6.45) is 1.45. The van der Waals surface area contributed by atoms with E-state index in [1.165, 1.54) is 18.7 Å². The summed E-state index contributed by atoms with van der Waals surface area (Å²) in [7, 11) is 1.42. The van der Waals surface area contributed by atoms with Crippen molar-refractivity contribution >= 4 is 5.78 Å². The summed E-state index contributed by atoms with van der Waals surface area (Å²) in [5.74, 6) is -0.117. The second kappa shape index (κ2) is 7.02. The number of carbonyl (C=O) groups is 1. The number of carbonyl (C=O) groups excluding carboxylic acids is 1. The van der Waals surface area contributed by atoms with Gasteiger partial charge in [-0.15, -0.1) is 0 Å². The highest BCUT2D eigenvalue weighted by Crippen LogP contribution is 2.18. The number of rotatable bonds is 6. The van der Waals surface area contributed by atoms with Crippen LogP contribution in [0, 0.1) is 12.7 Å². The first-order valence-electron chi connectivity index (χ1n) is 6.98. The van der Waals surface area contributed by atoms with Crippen LogP contribution in [0.15, 0.2) is 42.5 Å². The third-order valence-electron chi connectivity index (χ3n) is 3.39. The van der Waals surface area contributed by atoms with E-state index in [9.17, 15) is 9.18 Å². The molecule has 0 aliphatic rings. The first-order valence-corrected chi connectivity index (χ1v) is 6.98. The van der Waals surface area contributed by atoms with Gasteiger partial charge in [-0.3, -0.25) is 4.79 Å². The van der Waals surface area contributed by atoms with Crippen molar-refractivity contribution in [1.82, 2.24) is 0 Å². The third kappa shape index (κ3) is 4.42. The summed E-state index contributed by atoms with van der Waals surface area (Å²) < 4.78 is 18.4. The van der Waals surface area contributed by atoms with Crippen molar-refractivity contribution in [2.45, 2.75) is 26.2 Å². The molecule has 110 valence electrons. The molecule has 2 nitrogen and oxygen atoms in total. The van der Waals surface area contributed by atoms with Gasteiger partial charge in [0.25, 0.3) is 0 Å². The molecule has 0 aromatic heterocycles. The summed E-state index contributed by atoms with van der Waals surface area (Å²) in [6, 6.07) is 12.8. The van der Waals surface area contributed by atoms with E-state index in [4.69, 9.17) is 4.74 Å². The lowest BCUT2D eigenvalue weighted by molar-refractivity contribution is -0.118. The zero-order chi connectivity index (χ0) is 15.2. The standard InChI is InChI=1S/C18H19FO2/c1-13-4-3-5-14(10-13)6-8-16(20)11-15-7-9-18(21-2)17(19)12-15/h3-5,7,9-10,12H,6,8,11H2,1-2H3. The van der Waals surface area contributed by atoms with Gasteiger partial charge in [-0.25, -0.2) is 4.39 Å². The lowest BCUT2D eigenvalue weighted by atomic mass is 10.0. The van der Waals surface area contributed by atoms with Crippen LogP contribution in [-0.4, -0.2) is 12.9 Å². The molecule has 0 spiro atoms. The number of halogens is 1. The van der Waals surface area contributed by atoms with Crippen LogP contribution in [0.25, 0.3) is 0 Å². The molecule has 0 radical (unpaired) electrons. The van der Waals surface area contributed by atoms with Crippen LogP contribution in [0.5, 0.6) is 5.75 Å². The SMILES string of the molecule is COc1ccc(CC(=O)CCc2cccc(C)c2)cc1F. The number of Topliss-reactive ketones (excluding diaryl/α,β-unsaturated/α-hetero) is 1. The topological polar surface area (TPSA) is 26.3 Å². The maximum atomic E-state index is 13.6. The van der Waals surface area contributed by atoms with Gasteiger partial charge in [0.15, 0.2) is 11.6 Å². The Hall–Kier alpha value is -2.16. The van der Waals surface area contributed by atoms with Crippen molar-refractivity contribution in [3.63, 3.8) is 0 Å². The minimum Gasteiger partial charge on any atom is -0.494 e. The predicted molar refractivity (Wildman–Crippen MR) is 81.2 cm³/mol. The molecule has 2 aromatic rings. The number of benzene rings is 2. The van der Waals surface area contributed by atoms with Gasteiger partial charge in [0.05, 0.1) is 7.11 Å². The minimum atomic E-state index is -0.429. The predicted octanol–water partition coefficient (Wildman–Crippen LogP) is 3.89. The molecular weight excluding hydrogens is 267 g/mol. The largest absolute Gasteiger partial charge is 0.494 e.